The third-order valence-electron chi connectivity index (χ3n) is 2.71. The highest BCUT2D eigenvalue weighted by molar-refractivity contribution is 9.10. The maximum Gasteiger partial charge on any atom is 0.131 e. The second-order valence-corrected chi connectivity index (χ2v) is 4.95. The lowest BCUT2D eigenvalue weighted by atomic mass is 10.1. The number of anilines is 1. The summed E-state index contributed by atoms with van der Waals surface area (Å²) in [5.74, 6) is 0.997. The van der Waals surface area contributed by atoms with Crippen LogP contribution < -0.4 is 4.90 Å². The molecule has 0 spiro atoms. The first-order chi connectivity index (χ1) is 7.16. The van der Waals surface area contributed by atoms with Gasteiger partial charge in [0.25, 0.3) is 0 Å². The normalized spacial score (nSPS) is 21.8. The highest BCUT2D eigenvalue weighted by Crippen LogP contribution is 2.23. The van der Waals surface area contributed by atoms with Crippen molar-refractivity contribution in [2.45, 2.75) is 25.9 Å². The summed E-state index contributed by atoms with van der Waals surface area (Å²) in [5.41, 5.74) is 1.15. The fourth-order valence-corrected chi connectivity index (χ4v) is 2.46. The van der Waals surface area contributed by atoms with Gasteiger partial charge in [-0.15, -0.1) is 0 Å². The zero-order chi connectivity index (χ0) is 10.8. The van der Waals surface area contributed by atoms with Crippen LogP contribution in [0.2, 0.25) is 0 Å². The SMILES string of the molecule is Cc1cc(Br)cnc1N1CCC[C@H](O)C1. The molecule has 2 rings (SSSR count). The Labute approximate surface area is 98.3 Å². The first kappa shape index (κ1) is 10.9. The van der Waals surface area contributed by atoms with Crippen LogP contribution >= 0.6 is 15.9 Å². The molecule has 1 aromatic heterocycles. The van der Waals surface area contributed by atoms with Crippen molar-refractivity contribution in [1.29, 1.82) is 0 Å². The van der Waals surface area contributed by atoms with Crippen LogP contribution in [0.5, 0.6) is 0 Å². The maximum absolute atomic E-state index is 9.61. The zero-order valence-electron chi connectivity index (χ0n) is 8.78. The fourth-order valence-electron chi connectivity index (χ4n) is 2.01. The molecule has 1 aromatic rings. The molecule has 0 radical (unpaired) electrons. The minimum Gasteiger partial charge on any atom is -0.391 e. The van der Waals surface area contributed by atoms with E-state index in [1.54, 1.807) is 0 Å². The number of aromatic nitrogens is 1. The van der Waals surface area contributed by atoms with E-state index in [-0.39, 0.29) is 6.10 Å². The van der Waals surface area contributed by atoms with Gasteiger partial charge in [-0.3, -0.25) is 0 Å². The van der Waals surface area contributed by atoms with E-state index < -0.39 is 0 Å². The molecule has 1 aliphatic heterocycles. The Balaban J connectivity index is 2.21. The molecule has 0 amide bonds. The summed E-state index contributed by atoms with van der Waals surface area (Å²) in [5, 5.41) is 9.61. The molecular formula is C11H15BrN2O. The second-order valence-electron chi connectivity index (χ2n) is 4.04. The fraction of sp³-hybridized carbons (Fsp3) is 0.545. The number of nitrogens with zero attached hydrogens (tertiary/aromatic N) is 2. The van der Waals surface area contributed by atoms with E-state index in [4.69, 9.17) is 0 Å². The van der Waals surface area contributed by atoms with Gasteiger partial charge in [-0.1, -0.05) is 0 Å². The van der Waals surface area contributed by atoms with Crippen molar-refractivity contribution in [3.63, 3.8) is 0 Å². The minimum absolute atomic E-state index is 0.205. The van der Waals surface area contributed by atoms with Crippen molar-refractivity contribution in [1.82, 2.24) is 4.98 Å². The largest absolute Gasteiger partial charge is 0.391 e. The molecule has 0 bridgehead atoms. The standard InChI is InChI=1S/C11H15BrN2O/c1-8-5-9(12)6-13-11(8)14-4-2-3-10(15)7-14/h5-6,10,15H,2-4,7H2,1H3/t10-/m0/s1. The Morgan fingerprint density at radius 1 is 1.60 bits per heavy atom. The molecule has 1 fully saturated rings. The number of aliphatic hydroxyl groups excluding tert-OH is 1. The van der Waals surface area contributed by atoms with Gasteiger partial charge in [0.1, 0.15) is 5.82 Å². The van der Waals surface area contributed by atoms with Crippen LogP contribution in [0.25, 0.3) is 0 Å². The molecule has 0 saturated carbocycles. The molecule has 15 heavy (non-hydrogen) atoms. The maximum atomic E-state index is 9.61. The zero-order valence-corrected chi connectivity index (χ0v) is 10.4. The molecule has 1 saturated heterocycles. The van der Waals surface area contributed by atoms with Gasteiger partial charge in [-0.05, 0) is 47.3 Å². The molecule has 0 aromatic carbocycles. The average molecular weight is 271 g/mol. The predicted octanol–water partition coefficient (Wildman–Crippen LogP) is 2.11. The van der Waals surface area contributed by atoms with Crippen LogP contribution in [-0.2, 0) is 0 Å². The highest BCUT2D eigenvalue weighted by Gasteiger charge is 2.19. The first-order valence-corrected chi connectivity index (χ1v) is 6.01. The third-order valence-corrected chi connectivity index (χ3v) is 3.15. The molecular weight excluding hydrogens is 256 g/mol. The number of rotatable bonds is 1. The topological polar surface area (TPSA) is 36.4 Å². The van der Waals surface area contributed by atoms with E-state index in [1.165, 1.54) is 0 Å². The van der Waals surface area contributed by atoms with Crippen LogP contribution in [0.1, 0.15) is 18.4 Å². The van der Waals surface area contributed by atoms with Crippen molar-refractivity contribution in [2.75, 3.05) is 18.0 Å². The van der Waals surface area contributed by atoms with Crippen molar-refractivity contribution in [3.05, 3.63) is 22.3 Å². The van der Waals surface area contributed by atoms with E-state index in [0.29, 0.717) is 6.54 Å². The number of aryl methyl sites for hydroxylation is 1. The Hall–Kier alpha value is -0.610. The predicted molar refractivity (Wildman–Crippen MR) is 64.1 cm³/mol. The molecule has 0 aliphatic carbocycles. The van der Waals surface area contributed by atoms with E-state index in [0.717, 1.165) is 35.2 Å². The number of hydrogen-bond donors (Lipinski definition) is 1. The van der Waals surface area contributed by atoms with Gasteiger partial charge in [-0.25, -0.2) is 4.98 Å². The second kappa shape index (κ2) is 4.49. The summed E-state index contributed by atoms with van der Waals surface area (Å²) >= 11 is 3.40. The lowest BCUT2D eigenvalue weighted by Gasteiger charge is -2.31. The third kappa shape index (κ3) is 2.49. The molecule has 4 heteroatoms. The van der Waals surface area contributed by atoms with Gasteiger partial charge in [-0.2, -0.15) is 0 Å². The molecule has 3 nitrogen and oxygen atoms in total. The molecule has 1 atom stereocenters. The summed E-state index contributed by atoms with van der Waals surface area (Å²) in [6.07, 6.45) is 3.55. The van der Waals surface area contributed by atoms with E-state index >= 15 is 0 Å². The number of pyridine rings is 1. The van der Waals surface area contributed by atoms with Crippen LogP contribution in [0.15, 0.2) is 16.7 Å². The number of halogens is 1. The molecule has 1 aliphatic rings. The summed E-state index contributed by atoms with van der Waals surface area (Å²) < 4.78 is 1.00. The van der Waals surface area contributed by atoms with Gasteiger partial charge in [0.2, 0.25) is 0 Å². The average Bonchev–Trinajstić information content (AvgIpc) is 2.17. The Morgan fingerprint density at radius 3 is 3.07 bits per heavy atom. The number of hydrogen-bond acceptors (Lipinski definition) is 3. The summed E-state index contributed by atoms with van der Waals surface area (Å²) in [7, 11) is 0. The molecule has 1 N–H and O–H groups in total. The van der Waals surface area contributed by atoms with Crippen molar-refractivity contribution in [2.24, 2.45) is 0 Å². The Bertz CT molecular complexity index is 356. The van der Waals surface area contributed by atoms with E-state index in [2.05, 4.69) is 31.9 Å². The Kier molecular flexibility index (Phi) is 3.26. The molecule has 82 valence electrons. The molecule has 0 unspecified atom stereocenters. The smallest absolute Gasteiger partial charge is 0.131 e. The van der Waals surface area contributed by atoms with Gasteiger partial charge in [0, 0.05) is 23.8 Å². The lowest BCUT2D eigenvalue weighted by Crippen LogP contribution is -2.39. The van der Waals surface area contributed by atoms with E-state index in [9.17, 15) is 5.11 Å². The van der Waals surface area contributed by atoms with Gasteiger partial charge in [0.05, 0.1) is 6.10 Å². The summed E-state index contributed by atoms with van der Waals surface area (Å²) in [4.78, 5) is 6.57. The number of aliphatic hydroxyl groups is 1. The Morgan fingerprint density at radius 2 is 2.40 bits per heavy atom. The number of piperidine rings is 1. The van der Waals surface area contributed by atoms with Crippen molar-refractivity contribution < 1.29 is 5.11 Å². The number of β-amino-alcohol motifs (C(OH)–C–C–N with tert-alkyl or cyclic N) is 1. The van der Waals surface area contributed by atoms with Crippen LogP contribution in [0.4, 0.5) is 5.82 Å². The van der Waals surface area contributed by atoms with Crippen molar-refractivity contribution in [3.8, 4) is 0 Å². The first-order valence-electron chi connectivity index (χ1n) is 5.22. The lowest BCUT2D eigenvalue weighted by molar-refractivity contribution is 0.154. The van der Waals surface area contributed by atoms with Gasteiger partial charge >= 0.3 is 0 Å². The highest BCUT2D eigenvalue weighted by atomic mass is 79.9. The van der Waals surface area contributed by atoms with Gasteiger partial charge < -0.3 is 10.0 Å². The van der Waals surface area contributed by atoms with Crippen LogP contribution in [-0.4, -0.2) is 29.3 Å². The van der Waals surface area contributed by atoms with Crippen LogP contribution in [0, 0.1) is 6.92 Å². The van der Waals surface area contributed by atoms with Gasteiger partial charge in [0.15, 0.2) is 0 Å². The summed E-state index contributed by atoms with van der Waals surface area (Å²) in [6, 6.07) is 2.06. The minimum atomic E-state index is -0.205. The quantitative estimate of drug-likeness (QED) is 0.850. The van der Waals surface area contributed by atoms with E-state index in [1.807, 2.05) is 13.1 Å². The monoisotopic (exact) mass is 270 g/mol. The molecule has 2 heterocycles. The summed E-state index contributed by atoms with van der Waals surface area (Å²) in [6.45, 7) is 3.75. The van der Waals surface area contributed by atoms with Crippen molar-refractivity contribution >= 4 is 21.7 Å². The van der Waals surface area contributed by atoms with Crippen LogP contribution in [0.3, 0.4) is 0 Å².